The first-order valence-electron chi connectivity index (χ1n) is 10.1. The van der Waals surface area contributed by atoms with Gasteiger partial charge < -0.3 is 0 Å². The Hall–Kier alpha value is -2.72. The number of rotatable bonds is 2. The van der Waals surface area contributed by atoms with Crippen molar-refractivity contribution < 1.29 is 26.3 Å². The van der Waals surface area contributed by atoms with E-state index in [1.165, 1.54) is 24.3 Å². The van der Waals surface area contributed by atoms with Gasteiger partial charge >= 0.3 is 12.4 Å². The molecular formula is C25H12Br2F6N2. The number of pyridine rings is 2. The highest BCUT2D eigenvalue weighted by Gasteiger charge is 2.48. The largest absolute Gasteiger partial charge is 0.416 e. The molecule has 4 aromatic rings. The fraction of sp³-hybridized carbons (Fsp3) is 0.120. The van der Waals surface area contributed by atoms with Crippen molar-refractivity contribution in [1.29, 1.82) is 0 Å². The lowest BCUT2D eigenvalue weighted by molar-refractivity contribution is -0.138. The second-order valence-electron chi connectivity index (χ2n) is 7.96. The standard InChI is InChI=1S/C25H12Br2F6N2/c26-19-11-9-17-21(34-19)22-18(10-12-20(27)35-22)23(17,13-1-5-15(6-2-13)24(28,29)30)14-3-7-16(8-4-14)25(31,32)33/h1-12H. The Morgan fingerprint density at radius 1 is 0.514 bits per heavy atom. The van der Waals surface area contributed by atoms with Crippen molar-refractivity contribution in [1.82, 2.24) is 9.97 Å². The zero-order valence-electron chi connectivity index (χ0n) is 17.3. The summed E-state index contributed by atoms with van der Waals surface area (Å²) in [5.74, 6) is 0. The molecule has 2 nitrogen and oxygen atoms in total. The van der Waals surface area contributed by atoms with Crippen molar-refractivity contribution in [3.05, 3.63) is 115 Å². The van der Waals surface area contributed by atoms with Gasteiger partial charge in [-0.15, -0.1) is 0 Å². The molecule has 0 fully saturated rings. The Bertz CT molecular complexity index is 1320. The first-order chi connectivity index (χ1) is 16.4. The van der Waals surface area contributed by atoms with Gasteiger partial charge in [-0.2, -0.15) is 26.3 Å². The summed E-state index contributed by atoms with van der Waals surface area (Å²) in [6.07, 6.45) is -9.07. The molecule has 178 valence electrons. The molecule has 0 saturated heterocycles. The predicted octanol–water partition coefficient (Wildman–Crippen LogP) is 8.40. The highest BCUT2D eigenvalue weighted by Crippen LogP contribution is 2.55. The summed E-state index contributed by atoms with van der Waals surface area (Å²) < 4.78 is 80.8. The Morgan fingerprint density at radius 3 is 1.17 bits per heavy atom. The van der Waals surface area contributed by atoms with Crippen molar-refractivity contribution in [3.63, 3.8) is 0 Å². The SMILES string of the molecule is FC(F)(F)c1ccc(C2(c3ccc(C(F)(F)F)cc3)c3ccc(Br)nc3-c3nc(Br)ccc32)cc1. The predicted molar refractivity (Wildman–Crippen MR) is 125 cm³/mol. The molecule has 0 amide bonds. The molecule has 10 heteroatoms. The van der Waals surface area contributed by atoms with Gasteiger partial charge in [-0.25, -0.2) is 9.97 Å². The number of alkyl halides is 6. The maximum atomic E-state index is 13.3. The average Bonchev–Trinajstić information content (AvgIpc) is 3.08. The number of hydrogen-bond donors (Lipinski definition) is 0. The molecule has 0 radical (unpaired) electrons. The number of fused-ring (bicyclic) bond motifs is 3. The summed E-state index contributed by atoms with van der Waals surface area (Å²) in [6.45, 7) is 0. The quantitative estimate of drug-likeness (QED) is 0.148. The minimum Gasteiger partial charge on any atom is -0.239 e. The summed E-state index contributed by atoms with van der Waals surface area (Å²) in [6, 6.07) is 16.2. The first kappa shape index (κ1) is 24.0. The lowest BCUT2D eigenvalue weighted by atomic mass is 9.68. The molecule has 2 aromatic carbocycles. The molecule has 5 rings (SSSR count). The van der Waals surface area contributed by atoms with Gasteiger partial charge in [0, 0.05) is 0 Å². The third-order valence-electron chi connectivity index (χ3n) is 6.05. The van der Waals surface area contributed by atoms with Crippen LogP contribution in [0.4, 0.5) is 26.3 Å². The van der Waals surface area contributed by atoms with Gasteiger partial charge in [-0.05, 0) is 90.5 Å². The second kappa shape index (κ2) is 8.16. The van der Waals surface area contributed by atoms with Crippen LogP contribution in [0.5, 0.6) is 0 Å². The molecule has 0 spiro atoms. The Kier molecular flexibility index (Phi) is 5.60. The maximum Gasteiger partial charge on any atom is 0.416 e. The van der Waals surface area contributed by atoms with Crippen LogP contribution in [0.25, 0.3) is 11.4 Å². The summed E-state index contributed by atoms with van der Waals surface area (Å²) in [4.78, 5) is 9.14. The zero-order valence-corrected chi connectivity index (χ0v) is 20.5. The molecule has 1 aliphatic carbocycles. The average molecular weight is 614 g/mol. The lowest BCUT2D eigenvalue weighted by Crippen LogP contribution is -2.29. The van der Waals surface area contributed by atoms with E-state index in [0.717, 1.165) is 24.3 Å². The minimum absolute atomic E-state index is 0.443. The molecule has 0 unspecified atom stereocenters. The van der Waals surface area contributed by atoms with Gasteiger partial charge in [0.25, 0.3) is 0 Å². The molecule has 0 atom stereocenters. The van der Waals surface area contributed by atoms with Crippen molar-refractivity contribution in [3.8, 4) is 11.4 Å². The summed E-state index contributed by atoms with van der Waals surface area (Å²) in [5.41, 5.74) is 0.153. The van der Waals surface area contributed by atoms with Gasteiger partial charge in [-0.1, -0.05) is 36.4 Å². The zero-order chi connectivity index (χ0) is 25.2. The summed E-state index contributed by atoms with van der Waals surface area (Å²) in [5, 5.41) is 0. The van der Waals surface area contributed by atoms with E-state index in [9.17, 15) is 26.3 Å². The van der Waals surface area contributed by atoms with Gasteiger partial charge in [0.15, 0.2) is 0 Å². The molecule has 35 heavy (non-hydrogen) atoms. The monoisotopic (exact) mass is 612 g/mol. The molecular weight excluding hydrogens is 602 g/mol. The van der Waals surface area contributed by atoms with Crippen LogP contribution in [0, 0.1) is 0 Å². The number of halogens is 8. The molecule has 1 aliphatic rings. The van der Waals surface area contributed by atoms with Crippen molar-refractivity contribution in [2.75, 3.05) is 0 Å². The van der Waals surface area contributed by atoms with Crippen LogP contribution in [-0.2, 0) is 17.8 Å². The van der Waals surface area contributed by atoms with Gasteiger partial charge in [0.2, 0.25) is 0 Å². The Labute approximate surface area is 212 Å². The van der Waals surface area contributed by atoms with Gasteiger partial charge in [-0.3, -0.25) is 0 Å². The Balaban J connectivity index is 1.86. The van der Waals surface area contributed by atoms with Crippen LogP contribution >= 0.6 is 31.9 Å². The molecule has 2 heterocycles. The maximum absolute atomic E-state index is 13.3. The van der Waals surface area contributed by atoms with Crippen molar-refractivity contribution in [2.45, 2.75) is 17.8 Å². The van der Waals surface area contributed by atoms with Crippen molar-refractivity contribution >= 4 is 31.9 Å². The molecule has 2 aromatic heterocycles. The van der Waals surface area contributed by atoms with Gasteiger partial charge in [0.05, 0.1) is 27.9 Å². The minimum atomic E-state index is -4.54. The van der Waals surface area contributed by atoms with E-state index in [1.54, 1.807) is 24.3 Å². The number of hydrogen-bond acceptors (Lipinski definition) is 2. The van der Waals surface area contributed by atoms with Crippen LogP contribution in [0.15, 0.2) is 82.0 Å². The molecule has 0 bridgehead atoms. The van der Waals surface area contributed by atoms with E-state index in [2.05, 4.69) is 41.8 Å². The molecule has 0 aliphatic heterocycles. The second-order valence-corrected chi connectivity index (χ2v) is 9.59. The molecule has 0 N–H and O–H groups in total. The highest BCUT2D eigenvalue weighted by molar-refractivity contribution is 9.10. The smallest absolute Gasteiger partial charge is 0.239 e. The van der Waals surface area contributed by atoms with E-state index in [0.29, 0.717) is 42.8 Å². The Morgan fingerprint density at radius 2 is 0.857 bits per heavy atom. The number of aromatic nitrogens is 2. The van der Waals surface area contributed by atoms with E-state index in [4.69, 9.17) is 0 Å². The fourth-order valence-electron chi connectivity index (χ4n) is 4.59. The lowest BCUT2D eigenvalue weighted by Gasteiger charge is -2.33. The molecule has 0 saturated carbocycles. The van der Waals surface area contributed by atoms with E-state index >= 15 is 0 Å². The number of benzene rings is 2. The topological polar surface area (TPSA) is 25.8 Å². The third-order valence-corrected chi connectivity index (χ3v) is 6.93. The summed E-state index contributed by atoms with van der Waals surface area (Å²) >= 11 is 6.69. The van der Waals surface area contributed by atoms with Crippen LogP contribution in [0.2, 0.25) is 0 Å². The van der Waals surface area contributed by atoms with Crippen molar-refractivity contribution in [2.24, 2.45) is 0 Å². The summed E-state index contributed by atoms with van der Waals surface area (Å²) in [7, 11) is 0. The first-order valence-corrected chi connectivity index (χ1v) is 11.7. The van der Waals surface area contributed by atoms with Crippen LogP contribution in [0.3, 0.4) is 0 Å². The van der Waals surface area contributed by atoms with E-state index in [-0.39, 0.29) is 0 Å². The number of nitrogens with zero attached hydrogens (tertiary/aromatic N) is 2. The van der Waals surface area contributed by atoms with Crippen LogP contribution < -0.4 is 0 Å². The fourth-order valence-corrected chi connectivity index (χ4v) is 5.21. The normalized spacial score (nSPS) is 14.5. The van der Waals surface area contributed by atoms with Gasteiger partial charge in [0.1, 0.15) is 9.21 Å². The van der Waals surface area contributed by atoms with Crippen LogP contribution in [0.1, 0.15) is 33.4 Å². The van der Waals surface area contributed by atoms with E-state index < -0.39 is 28.9 Å². The third kappa shape index (κ3) is 3.87. The van der Waals surface area contributed by atoms with Crippen LogP contribution in [-0.4, -0.2) is 9.97 Å². The highest BCUT2D eigenvalue weighted by atomic mass is 79.9. The van der Waals surface area contributed by atoms with E-state index in [1.807, 2.05) is 0 Å².